The van der Waals surface area contributed by atoms with Crippen molar-refractivity contribution in [1.29, 1.82) is 0 Å². The van der Waals surface area contributed by atoms with Gasteiger partial charge in [-0.05, 0) is 25.1 Å². The lowest BCUT2D eigenvalue weighted by Gasteiger charge is -2.11. The summed E-state index contributed by atoms with van der Waals surface area (Å²) in [4.78, 5) is 0. The highest BCUT2D eigenvalue weighted by atomic mass is 16.3. The molecule has 0 aliphatic carbocycles. The summed E-state index contributed by atoms with van der Waals surface area (Å²) in [5.74, 6) is 7.08. The molecule has 4 heteroatoms. The average Bonchev–Trinajstić information content (AvgIpc) is 2.80. The molecule has 1 unspecified atom stereocenters. The van der Waals surface area contributed by atoms with Gasteiger partial charge in [0.15, 0.2) is 0 Å². The minimum absolute atomic E-state index is 0.149. The summed E-state index contributed by atoms with van der Waals surface area (Å²) in [5.41, 5.74) is 3.68. The molecule has 74 valence electrons. The number of nitrogens with one attached hydrogen (secondary N) is 1. The molecule has 0 bridgehead atoms. The van der Waals surface area contributed by atoms with Crippen LogP contribution in [-0.4, -0.2) is 0 Å². The highest BCUT2D eigenvalue weighted by molar-refractivity contribution is 5.27. The Morgan fingerprint density at radius 1 is 1.29 bits per heavy atom. The largest absolute Gasteiger partial charge is 0.469 e. The molecule has 1 atom stereocenters. The van der Waals surface area contributed by atoms with Crippen LogP contribution in [0.25, 0.3) is 0 Å². The van der Waals surface area contributed by atoms with Crippen LogP contribution in [0.4, 0.5) is 0 Å². The van der Waals surface area contributed by atoms with Gasteiger partial charge in [-0.3, -0.25) is 5.84 Å². The molecule has 14 heavy (non-hydrogen) atoms. The summed E-state index contributed by atoms with van der Waals surface area (Å²) in [6, 6.07) is 5.43. The second kappa shape index (κ2) is 3.69. The maximum Gasteiger partial charge on any atom is 0.126 e. The predicted molar refractivity (Wildman–Crippen MR) is 51.3 cm³/mol. The SMILES string of the molecule is Cc1occc1C(NN)c1ccco1. The lowest BCUT2D eigenvalue weighted by Crippen LogP contribution is -2.28. The molecule has 0 amide bonds. The molecule has 3 N–H and O–H groups in total. The highest BCUT2D eigenvalue weighted by Crippen LogP contribution is 2.24. The minimum Gasteiger partial charge on any atom is -0.469 e. The zero-order chi connectivity index (χ0) is 9.97. The number of nitrogens with two attached hydrogens (primary N) is 1. The molecule has 2 aromatic heterocycles. The van der Waals surface area contributed by atoms with Gasteiger partial charge in [-0.15, -0.1) is 0 Å². The molecule has 0 spiro atoms. The second-order valence-corrected chi connectivity index (χ2v) is 3.05. The maximum absolute atomic E-state index is 5.47. The van der Waals surface area contributed by atoms with E-state index in [4.69, 9.17) is 14.7 Å². The number of furan rings is 2. The van der Waals surface area contributed by atoms with Crippen LogP contribution in [0.2, 0.25) is 0 Å². The van der Waals surface area contributed by atoms with Crippen molar-refractivity contribution < 1.29 is 8.83 Å². The van der Waals surface area contributed by atoms with Crippen molar-refractivity contribution in [3.05, 3.63) is 47.8 Å². The van der Waals surface area contributed by atoms with Crippen molar-refractivity contribution in [3.8, 4) is 0 Å². The van der Waals surface area contributed by atoms with Crippen molar-refractivity contribution in [2.45, 2.75) is 13.0 Å². The zero-order valence-corrected chi connectivity index (χ0v) is 7.86. The van der Waals surface area contributed by atoms with Gasteiger partial charge in [0.25, 0.3) is 0 Å². The van der Waals surface area contributed by atoms with E-state index in [-0.39, 0.29) is 6.04 Å². The fourth-order valence-corrected chi connectivity index (χ4v) is 1.47. The van der Waals surface area contributed by atoms with Crippen LogP contribution in [0.5, 0.6) is 0 Å². The summed E-state index contributed by atoms with van der Waals surface area (Å²) in [6.07, 6.45) is 3.26. The second-order valence-electron chi connectivity index (χ2n) is 3.05. The summed E-state index contributed by atoms with van der Waals surface area (Å²) < 4.78 is 10.5. The van der Waals surface area contributed by atoms with E-state index < -0.39 is 0 Å². The number of rotatable bonds is 3. The maximum atomic E-state index is 5.47. The third kappa shape index (κ3) is 1.45. The van der Waals surface area contributed by atoms with Gasteiger partial charge in [0.05, 0.1) is 12.5 Å². The topological polar surface area (TPSA) is 64.3 Å². The summed E-state index contributed by atoms with van der Waals surface area (Å²) in [5, 5.41) is 0. The van der Waals surface area contributed by atoms with E-state index in [9.17, 15) is 0 Å². The fraction of sp³-hybridized carbons (Fsp3) is 0.200. The third-order valence-corrected chi connectivity index (χ3v) is 2.20. The van der Waals surface area contributed by atoms with Crippen molar-refractivity contribution in [3.63, 3.8) is 0 Å². The highest BCUT2D eigenvalue weighted by Gasteiger charge is 2.18. The van der Waals surface area contributed by atoms with Gasteiger partial charge in [-0.25, -0.2) is 5.43 Å². The fourth-order valence-electron chi connectivity index (χ4n) is 1.47. The monoisotopic (exact) mass is 192 g/mol. The first-order chi connectivity index (χ1) is 6.83. The van der Waals surface area contributed by atoms with Crippen LogP contribution in [0.3, 0.4) is 0 Å². The van der Waals surface area contributed by atoms with E-state index in [1.165, 1.54) is 0 Å². The molecule has 4 nitrogen and oxygen atoms in total. The van der Waals surface area contributed by atoms with Crippen molar-refractivity contribution in [2.24, 2.45) is 5.84 Å². The van der Waals surface area contributed by atoms with Gasteiger partial charge in [0, 0.05) is 5.56 Å². The Balaban J connectivity index is 2.36. The molecular formula is C10H12N2O2. The number of hydrogen-bond donors (Lipinski definition) is 2. The third-order valence-electron chi connectivity index (χ3n) is 2.20. The number of hydrogen-bond acceptors (Lipinski definition) is 4. The molecule has 0 radical (unpaired) electrons. The summed E-state index contributed by atoms with van der Waals surface area (Å²) in [7, 11) is 0. The summed E-state index contributed by atoms with van der Waals surface area (Å²) >= 11 is 0. The Morgan fingerprint density at radius 2 is 2.14 bits per heavy atom. The van der Waals surface area contributed by atoms with Crippen LogP contribution < -0.4 is 11.3 Å². The van der Waals surface area contributed by atoms with Crippen molar-refractivity contribution >= 4 is 0 Å². The molecule has 2 aromatic rings. The Labute approximate surface area is 81.7 Å². The Morgan fingerprint density at radius 3 is 2.64 bits per heavy atom. The lowest BCUT2D eigenvalue weighted by atomic mass is 10.1. The van der Waals surface area contributed by atoms with Gasteiger partial charge in [0.2, 0.25) is 0 Å². The summed E-state index contributed by atoms with van der Waals surface area (Å²) in [6.45, 7) is 1.89. The Hall–Kier alpha value is -1.52. The van der Waals surface area contributed by atoms with Crippen molar-refractivity contribution in [1.82, 2.24) is 5.43 Å². The molecule has 0 aliphatic rings. The van der Waals surface area contributed by atoms with Crippen LogP contribution in [0, 0.1) is 6.92 Å². The van der Waals surface area contributed by atoms with Crippen LogP contribution in [0.1, 0.15) is 23.1 Å². The molecule has 2 rings (SSSR count). The van der Waals surface area contributed by atoms with Crippen LogP contribution in [0.15, 0.2) is 39.6 Å². The lowest BCUT2D eigenvalue weighted by molar-refractivity contribution is 0.444. The molecule has 0 fully saturated rings. The zero-order valence-electron chi connectivity index (χ0n) is 7.86. The van der Waals surface area contributed by atoms with E-state index in [0.717, 1.165) is 17.1 Å². The average molecular weight is 192 g/mol. The number of aryl methyl sites for hydroxylation is 1. The quantitative estimate of drug-likeness (QED) is 0.574. The molecule has 0 aliphatic heterocycles. The first-order valence-corrected chi connectivity index (χ1v) is 4.36. The number of hydrazine groups is 1. The minimum atomic E-state index is -0.149. The van der Waals surface area contributed by atoms with Gasteiger partial charge < -0.3 is 8.83 Å². The van der Waals surface area contributed by atoms with Crippen molar-refractivity contribution in [2.75, 3.05) is 0 Å². The standard InChI is InChI=1S/C10H12N2O2/c1-7-8(4-6-13-7)10(12-11)9-3-2-5-14-9/h2-6,10,12H,11H2,1H3. The normalized spacial score (nSPS) is 13.0. The molecule has 2 heterocycles. The van der Waals surface area contributed by atoms with Gasteiger partial charge >= 0.3 is 0 Å². The Bertz CT molecular complexity index is 392. The molecule has 0 aromatic carbocycles. The van der Waals surface area contributed by atoms with Gasteiger partial charge in [-0.2, -0.15) is 0 Å². The molecule has 0 saturated heterocycles. The van der Waals surface area contributed by atoms with E-state index >= 15 is 0 Å². The van der Waals surface area contributed by atoms with Gasteiger partial charge in [0.1, 0.15) is 17.6 Å². The predicted octanol–water partition coefficient (Wildman–Crippen LogP) is 1.73. The first kappa shape index (κ1) is 9.05. The first-order valence-electron chi connectivity index (χ1n) is 4.36. The van der Waals surface area contributed by atoms with E-state index in [2.05, 4.69) is 5.43 Å². The van der Waals surface area contributed by atoms with E-state index in [1.807, 2.05) is 25.1 Å². The van der Waals surface area contributed by atoms with Gasteiger partial charge in [-0.1, -0.05) is 0 Å². The smallest absolute Gasteiger partial charge is 0.126 e. The Kier molecular flexibility index (Phi) is 2.39. The van der Waals surface area contributed by atoms with E-state index in [1.54, 1.807) is 12.5 Å². The molecule has 0 saturated carbocycles. The molecular weight excluding hydrogens is 180 g/mol. The van der Waals surface area contributed by atoms with Crippen LogP contribution in [-0.2, 0) is 0 Å². The van der Waals surface area contributed by atoms with Crippen LogP contribution >= 0.6 is 0 Å². The van der Waals surface area contributed by atoms with E-state index in [0.29, 0.717) is 0 Å².